The van der Waals surface area contributed by atoms with E-state index in [4.69, 9.17) is 33.5 Å². The number of para-hydroxylation sites is 1. The second-order valence-corrected chi connectivity index (χ2v) is 10.1. The van der Waals surface area contributed by atoms with Crippen LogP contribution in [0.15, 0.2) is 78.6 Å². The fraction of sp³-hybridized carbons (Fsp3) is 0.432. The molecule has 0 bridgehead atoms. The first-order valence-corrected chi connectivity index (χ1v) is 13.9. The molecule has 46 heavy (non-hydrogen) atoms. The molecule has 3 aromatic carbocycles. The molecule has 4 atom stereocenters. The molecule has 3 aromatic rings. The van der Waals surface area contributed by atoms with Crippen LogP contribution < -0.4 is 20.7 Å². The van der Waals surface area contributed by atoms with E-state index in [2.05, 4.69) is 10.6 Å². The lowest BCUT2D eigenvalue weighted by Gasteiger charge is -2.37. The first-order valence-electron chi connectivity index (χ1n) is 26.9. The lowest BCUT2D eigenvalue weighted by atomic mass is 9.92. The third-order valence-corrected chi connectivity index (χ3v) is 6.36. The van der Waals surface area contributed by atoms with Crippen molar-refractivity contribution >= 4 is 17.8 Å². The lowest BCUT2D eigenvalue weighted by molar-refractivity contribution is -0.128. The summed E-state index contributed by atoms with van der Waals surface area (Å²) in [6.45, 7) is -8.54. The predicted molar refractivity (Wildman–Crippen MR) is 180 cm³/mol. The summed E-state index contributed by atoms with van der Waals surface area (Å²) in [4.78, 5) is 42.8. The van der Waals surface area contributed by atoms with Crippen molar-refractivity contribution in [3.8, 4) is 5.75 Å². The number of nitrogens with zero attached hydrogens (tertiary/aromatic N) is 1. The average molecular weight is 655 g/mol. The summed E-state index contributed by atoms with van der Waals surface area (Å²) in [5.41, 5.74) is -5.73. The molecule has 0 aliphatic carbocycles. The van der Waals surface area contributed by atoms with E-state index < -0.39 is 194 Å². The summed E-state index contributed by atoms with van der Waals surface area (Å²) in [6, 6.07) is -25.2. The van der Waals surface area contributed by atoms with Gasteiger partial charge in [-0.1, -0.05) is 92.4 Å². The van der Waals surface area contributed by atoms with Gasteiger partial charge in [0.1, 0.15) is 11.8 Å². The Balaban J connectivity index is 2.07. The van der Waals surface area contributed by atoms with Gasteiger partial charge in [-0.25, -0.2) is 4.79 Å². The molecule has 4 N–H and O–H groups in total. The van der Waals surface area contributed by atoms with Crippen LogP contribution in [-0.2, 0) is 22.3 Å². The molecule has 1 saturated heterocycles. The van der Waals surface area contributed by atoms with Crippen LogP contribution in [0, 0.1) is 19.6 Å². The second-order valence-electron chi connectivity index (χ2n) is 10.1. The third-order valence-electron chi connectivity index (χ3n) is 6.36. The van der Waals surface area contributed by atoms with Gasteiger partial charge in [0.2, 0.25) is 5.91 Å². The van der Waals surface area contributed by atoms with Crippen molar-refractivity contribution < 1.29 is 59.9 Å². The number of urea groups is 1. The first-order chi connectivity index (χ1) is 32.5. The highest BCUT2D eigenvalue weighted by Gasteiger charge is 2.35. The van der Waals surface area contributed by atoms with Crippen LogP contribution in [0.1, 0.15) is 84.6 Å². The van der Waals surface area contributed by atoms with E-state index in [1.807, 2.05) is 0 Å². The van der Waals surface area contributed by atoms with Gasteiger partial charge in [-0.05, 0) is 67.5 Å². The zero-order valence-corrected chi connectivity index (χ0v) is 24.7. The summed E-state index contributed by atoms with van der Waals surface area (Å²) >= 11 is 0. The molecule has 0 spiro atoms. The van der Waals surface area contributed by atoms with Crippen LogP contribution in [0.4, 0.5) is 4.79 Å². The number of hydrogen-bond donors (Lipinski definition) is 4. The highest BCUT2D eigenvalue weighted by molar-refractivity contribution is 5.87. The van der Waals surface area contributed by atoms with Crippen LogP contribution in [0.3, 0.4) is 0 Å². The molecule has 0 unspecified atom stereocenters. The van der Waals surface area contributed by atoms with Crippen LogP contribution in [0.2, 0.25) is 0 Å². The Bertz CT molecular complexity index is 2560. The molecule has 0 saturated carbocycles. The van der Waals surface area contributed by atoms with Gasteiger partial charge in [-0.3, -0.25) is 9.59 Å². The molecule has 4 amide bonds. The molecular formula is C37H48N4O5. The van der Waals surface area contributed by atoms with Gasteiger partial charge < -0.3 is 30.7 Å². The van der Waals surface area contributed by atoms with Crippen molar-refractivity contribution in [2.24, 2.45) is 5.92 Å². The van der Waals surface area contributed by atoms with Gasteiger partial charge in [-0.2, -0.15) is 0 Å². The number of benzene rings is 3. The zero-order chi connectivity index (χ0) is 55.7. The number of amides is 4. The van der Waals surface area contributed by atoms with E-state index >= 15 is 0 Å². The first kappa shape index (κ1) is 13.8. The molecule has 0 radical (unpaired) electrons. The van der Waals surface area contributed by atoms with Gasteiger partial charge >= 0.3 is 6.03 Å². The summed E-state index contributed by atoms with van der Waals surface area (Å²) in [5, 5.41) is 18.5. The normalized spacial score (nSPS) is 26.1. The number of hydrogen-bond acceptors (Lipinski definition) is 5. The minimum atomic E-state index is -4.32. The quantitative estimate of drug-likeness (QED) is 0.195. The van der Waals surface area contributed by atoms with Gasteiger partial charge in [0.15, 0.2) is 6.56 Å². The van der Waals surface area contributed by atoms with E-state index in [0.717, 1.165) is 4.90 Å². The zero-order valence-electron chi connectivity index (χ0n) is 50.7. The van der Waals surface area contributed by atoms with E-state index in [0.29, 0.717) is 6.42 Å². The number of carbonyl (C=O) groups is 3. The molecule has 9 heteroatoms. The second kappa shape index (κ2) is 16.8. The van der Waals surface area contributed by atoms with Crippen molar-refractivity contribution in [2.45, 2.75) is 77.3 Å². The molecule has 9 nitrogen and oxygen atoms in total. The van der Waals surface area contributed by atoms with Crippen molar-refractivity contribution in [3.63, 3.8) is 0 Å². The van der Waals surface area contributed by atoms with E-state index in [9.17, 15) is 26.3 Å². The monoisotopic (exact) mass is 655 g/mol. The standard InChI is InChI=1S/C37H48N4O5/c1-25(2)34(41-20-12-19-38-37(41)45)36(44)39-30(21-28-15-7-5-8-16-28)23-32(42)31(22-29-17-9-6-10-18-29)40-33(43)24-46-35-26(3)13-11-14-27(35)4/h5-11,13-18,25,30-32,34,42H,12,19-24H2,1-4H3,(H,38,45)(H,39,44)(H,40,43)/t30-,31-,32-,34-/m0/s1/i3D3,4D3,5D,6D,7D,8D,9D,10D,11D,13D,14D,15D,16D,17D,18D,21D2,22D2,24D2,31D. The SMILES string of the molecule is [2H]c1c([2H])c([2H])c(C([2H])([2H])[C@@H](C[C@H](O)[C@@]([2H])(NC(=O)C([2H])([2H])Oc2c(C([2H])([2H])[2H])c([2H])c([2H])c([2H])c2C([2H])([2H])[2H])C([2H])([2H])c2c([2H])c([2H])c([2H])c([2H])c2[2H])NC(=O)[C@H](C(C)C)N2CCCNC2=O)c([2H])c1[2H]. The Labute approximate surface area is 309 Å². The van der Waals surface area contributed by atoms with Gasteiger partial charge in [0.25, 0.3) is 5.91 Å². The summed E-state index contributed by atoms with van der Waals surface area (Å²) in [5.74, 6) is -6.21. The molecule has 1 aliphatic heterocycles. The Kier molecular flexibility index (Phi) is 5.03. The number of carbonyl (C=O) groups excluding carboxylic acids is 3. The van der Waals surface area contributed by atoms with Crippen molar-refractivity contribution in [1.29, 1.82) is 0 Å². The third kappa shape index (κ3) is 9.81. The number of nitrogens with one attached hydrogen (secondary N) is 3. The van der Waals surface area contributed by atoms with Crippen molar-refractivity contribution in [2.75, 3.05) is 19.6 Å². The summed E-state index contributed by atoms with van der Waals surface area (Å²) in [6.07, 6.45) is -12.3. The summed E-state index contributed by atoms with van der Waals surface area (Å²) < 4.78 is 225. The number of aliphatic hydroxyl groups excluding tert-OH is 1. The Hall–Kier alpha value is -4.37. The highest BCUT2D eigenvalue weighted by Crippen LogP contribution is 2.22. The minimum Gasteiger partial charge on any atom is -0.483 e. The maximum absolute atomic E-state index is 14.4. The average Bonchev–Trinajstić information content (AvgIpc) is 3.24. The lowest BCUT2D eigenvalue weighted by Crippen LogP contribution is -2.59. The van der Waals surface area contributed by atoms with Gasteiger partial charge in [0, 0.05) is 32.8 Å². The van der Waals surface area contributed by atoms with E-state index in [1.165, 1.54) is 19.2 Å². The maximum Gasteiger partial charge on any atom is 0.318 e. The summed E-state index contributed by atoms with van der Waals surface area (Å²) in [7, 11) is 0. The van der Waals surface area contributed by atoms with Crippen molar-refractivity contribution in [3.05, 3.63) is 101 Å². The van der Waals surface area contributed by atoms with Crippen LogP contribution in [0.25, 0.3) is 0 Å². The van der Waals surface area contributed by atoms with E-state index in [-0.39, 0.29) is 13.1 Å². The molecule has 1 aliphatic rings. The Morgan fingerprint density at radius 1 is 1.00 bits per heavy atom. The van der Waals surface area contributed by atoms with Crippen LogP contribution in [-0.4, -0.2) is 71.7 Å². The molecule has 1 heterocycles. The molecular weight excluding hydrogens is 580 g/mol. The molecule has 4 rings (SSSR count). The Morgan fingerprint density at radius 3 is 2.22 bits per heavy atom. The molecule has 1 fully saturated rings. The van der Waals surface area contributed by atoms with Crippen LogP contribution in [0.5, 0.6) is 5.75 Å². The smallest absolute Gasteiger partial charge is 0.318 e. The number of aliphatic hydroxyl groups is 1. The number of rotatable bonds is 15. The maximum atomic E-state index is 14.4. The fourth-order valence-electron chi connectivity index (χ4n) is 4.35. The van der Waals surface area contributed by atoms with Crippen LogP contribution >= 0.6 is 0 Å². The van der Waals surface area contributed by atoms with Gasteiger partial charge in [0.05, 0.1) is 34.1 Å². The van der Waals surface area contributed by atoms with Gasteiger partial charge in [-0.15, -0.1) is 0 Å². The van der Waals surface area contributed by atoms with Crippen molar-refractivity contribution in [1.82, 2.24) is 20.9 Å². The fourth-order valence-corrected chi connectivity index (χ4v) is 4.35. The molecule has 0 aromatic heterocycles. The highest BCUT2D eigenvalue weighted by atomic mass is 16.5. The topological polar surface area (TPSA) is 120 Å². The Morgan fingerprint density at radius 2 is 1.63 bits per heavy atom. The molecule has 246 valence electrons. The largest absolute Gasteiger partial charge is 0.483 e. The minimum absolute atomic E-state index is 0.0449. The number of ether oxygens (including phenoxy) is 1. The van der Waals surface area contributed by atoms with E-state index in [1.54, 1.807) is 0 Å². The predicted octanol–water partition coefficient (Wildman–Crippen LogP) is 4.33.